The van der Waals surface area contributed by atoms with E-state index in [0.717, 1.165) is 25.1 Å². The summed E-state index contributed by atoms with van der Waals surface area (Å²) in [6.07, 6.45) is 3.52. The third-order valence-electron chi connectivity index (χ3n) is 2.65. The van der Waals surface area contributed by atoms with E-state index in [2.05, 4.69) is 4.98 Å². The minimum absolute atomic E-state index is 0.185. The van der Waals surface area contributed by atoms with Crippen LogP contribution in [0, 0.1) is 11.6 Å². The van der Waals surface area contributed by atoms with Crippen LogP contribution in [0.2, 0.25) is 0 Å². The summed E-state index contributed by atoms with van der Waals surface area (Å²) in [5.41, 5.74) is 5.43. The molecule has 0 radical (unpaired) electrons. The normalized spacial score (nSPS) is 14.7. The van der Waals surface area contributed by atoms with Gasteiger partial charge < -0.3 is 10.6 Å². The number of nitrogens with zero attached hydrogens (tertiary/aromatic N) is 2. The quantitative estimate of drug-likeness (QED) is 0.819. The summed E-state index contributed by atoms with van der Waals surface area (Å²) in [5, 5.41) is 0. The molecule has 1 saturated carbocycles. The van der Waals surface area contributed by atoms with Gasteiger partial charge in [0.1, 0.15) is 5.82 Å². The lowest BCUT2D eigenvalue weighted by atomic mass is 10.3. The molecule has 6 heteroatoms. The second kappa shape index (κ2) is 4.91. The Balaban J connectivity index is 2.17. The Hall–Kier alpha value is -1.30. The van der Waals surface area contributed by atoms with Crippen molar-refractivity contribution in [2.45, 2.75) is 25.3 Å². The van der Waals surface area contributed by atoms with Crippen LogP contribution in [0.3, 0.4) is 0 Å². The molecule has 0 unspecified atom stereocenters. The first kappa shape index (κ1) is 12.2. The fourth-order valence-corrected chi connectivity index (χ4v) is 1.79. The molecule has 17 heavy (non-hydrogen) atoms. The van der Waals surface area contributed by atoms with E-state index in [9.17, 15) is 8.78 Å². The fraction of sp³-hybridized carbons (Fsp3) is 0.455. The van der Waals surface area contributed by atoms with Gasteiger partial charge in [-0.15, -0.1) is 0 Å². The smallest absolute Gasteiger partial charge is 0.168 e. The van der Waals surface area contributed by atoms with E-state index in [-0.39, 0.29) is 11.9 Å². The lowest BCUT2D eigenvalue weighted by Crippen LogP contribution is -2.31. The number of rotatable bonds is 5. The van der Waals surface area contributed by atoms with Crippen LogP contribution in [0.5, 0.6) is 0 Å². The molecule has 1 fully saturated rings. The molecule has 1 heterocycles. The zero-order chi connectivity index (χ0) is 12.4. The second-order valence-electron chi connectivity index (χ2n) is 4.10. The number of halogens is 2. The van der Waals surface area contributed by atoms with Crippen LogP contribution < -0.4 is 10.6 Å². The van der Waals surface area contributed by atoms with Gasteiger partial charge in [-0.3, -0.25) is 0 Å². The zero-order valence-electron chi connectivity index (χ0n) is 9.20. The molecule has 1 aliphatic rings. The van der Waals surface area contributed by atoms with Crippen molar-refractivity contribution >= 4 is 23.0 Å². The molecule has 0 bridgehead atoms. The molecular formula is C11H13F2N3S. The van der Waals surface area contributed by atoms with Crippen molar-refractivity contribution in [2.24, 2.45) is 5.73 Å². The van der Waals surface area contributed by atoms with Gasteiger partial charge in [0.2, 0.25) is 0 Å². The van der Waals surface area contributed by atoms with Crippen molar-refractivity contribution in [1.82, 2.24) is 4.98 Å². The van der Waals surface area contributed by atoms with Crippen molar-refractivity contribution in [1.29, 1.82) is 0 Å². The van der Waals surface area contributed by atoms with E-state index in [1.807, 2.05) is 4.90 Å². The summed E-state index contributed by atoms with van der Waals surface area (Å²) in [6, 6.07) is 1.12. The van der Waals surface area contributed by atoms with Gasteiger partial charge in [0.25, 0.3) is 0 Å². The van der Waals surface area contributed by atoms with E-state index < -0.39 is 11.6 Å². The molecule has 1 aromatic rings. The Morgan fingerprint density at radius 3 is 2.76 bits per heavy atom. The largest absolute Gasteiger partial charge is 0.393 e. The van der Waals surface area contributed by atoms with Crippen molar-refractivity contribution in [2.75, 3.05) is 11.4 Å². The van der Waals surface area contributed by atoms with Crippen molar-refractivity contribution in [3.05, 3.63) is 23.9 Å². The van der Waals surface area contributed by atoms with Crippen LogP contribution >= 0.6 is 12.2 Å². The van der Waals surface area contributed by atoms with Crippen molar-refractivity contribution in [3.63, 3.8) is 0 Å². The fourth-order valence-electron chi connectivity index (χ4n) is 1.70. The number of aromatic nitrogens is 1. The highest BCUT2D eigenvalue weighted by atomic mass is 32.1. The first-order chi connectivity index (χ1) is 8.08. The maximum absolute atomic E-state index is 13.6. The van der Waals surface area contributed by atoms with Gasteiger partial charge in [-0.05, 0) is 12.8 Å². The number of anilines is 1. The topological polar surface area (TPSA) is 42.1 Å². The van der Waals surface area contributed by atoms with Gasteiger partial charge in [0, 0.05) is 25.1 Å². The highest BCUT2D eigenvalue weighted by molar-refractivity contribution is 7.80. The average Bonchev–Trinajstić information content (AvgIpc) is 3.04. The molecule has 92 valence electrons. The number of thiocarbonyl (C=S) groups is 1. The van der Waals surface area contributed by atoms with Crippen LogP contribution in [0.1, 0.15) is 19.3 Å². The maximum atomic E-state index is 13.6. The van der Waals surface area contributed by atoms with Gasteiger partial charge in [-0.25, -0.2) is 13.8 Å². The van der Waals surface area contributed by atoms with Gasteiger partial charge >= 0.3 is 0 Å². The molecule has 1 aliphatic carbocycles. The predicted octanol–water partition coefficient (Wildman–Crippen LogP) is 2.00. The summed E-state index contributed by atoms with van der Waals surface area (Å²) >= 11 is 4.80. The molecule has 1 aromatic heterocycles. The first-order valence-electron chi connectivity index (χ1n) is 5.44. The van der Waals surface area contributed by atoms with E-state index in [1.165, 1.54) is 0 Å². The lowest BCUT2D eigenvalue weighted by molar-refractivity contribution is 0.566. The Labute approximate surface area is 104 Å². The monoisotopic (exact) mass is 257 g/mol. The SMILES string of the molecule is NC(=S)CCN(c1ncc(F)cc1F)C1CC1. The summed E-state index contributed by atoms with van der Waals surface area (Å²) in [5.74, 6) is -1.12. The molecule has 2 rings (SSSR count). The molecule has 0 amide bonds. The molecule has 3 nitrogen and oxygen atoms in total. The third kappa shape index (κ3) is 3.09. The van der Waals surface area contributed by atoms with Gasteiger partial charge in [0.05, 0.1) is 11.2 Å². The minimum atomic E-state index is -0.670. The Morgan fingerprint density at radius 1 is 1.53 bits per heavy atom. The lowest BCUT2D eigenvalue weighted by Gasteiger charge is -2.23. The highest BCUT2D eigenvalue weighted by Crippen LogP contribution is 2.32. The first-order valence-corrected chi connectivity index (χ1v) is 5.84. The molecule has 0 saturated heterocycles. The van der Waals surface area contributed by atoms with E-state index in [1.54, 1.807) is 0 Å². The summed E-state index contributed by atoms with van der Waals surface area (Å²) in [7, 11) is 0. The third-order valence-corrected chi connectivity index (χ3v) is 2.85. The highest BCUT2D eigenvalue weighted by Gasteiger charge is 2.31. The number of nitrogens with two attached hydrogens (primary N) is 1. The molecule has 0 aliphatic heterocycles. The Bertz CT molecular complexity index is 435. The minimum Gasteiger partial charge on any atom is -0.393 e. The summed E-state index contributed by atoms with van der Waals surface area (Å²) in [6.45, 7) is 0.523. The number of hydrogen-bond acceptors (Lipinski definition) is 3. The van der Waals surface area contributed by atoms with Crippen molar-refractivity contribution < 1.29 is 8.78 Å². The predicted molar refractivity (Wildman–Crippen MR) is 65.9 cm³/mol. The van der Waals surface area contributed by atoms with Crippen LogP contribution in [0.4, 0.5) is 14.6 Å². The molecule has 0 aromatic carbocycles. The molecule has 2 N–H and O–H groups in total. The van der Waals surface area contributed by atoms with Gasteiger partial charge in [0.15, 0.2) is 11.6 Å². The van der Waals surface area contributed by atoms with Crippen LogP contribution in [0.25, 0.3) is 0 Å². The maximum Gasteiger partial charge on any atom is 0.168 e. The summed E-state index contributed by atoms with van der Waals surface area (Å²) in [4.78, 5) is 6.01. The zero-order valence-corrected chi connectivity index (χ0v) is 10.0. The van der Waals surface area contributed by atoms with Gasteiger partial charge in [-0.1, -0.05) is 12.2 Å². The summed E-state index contributed by atoms with van der Waals surface area (Å²) < 4.78 is 26.4. The van der Waals surface area contributed by atoms with E-state index in [4.69, 9.17) is 18.0 Å². The van der Waals surface area contributed by atoms with Gasteiger partial charge in [-0.2, -0.15) is 0 Å². The molecule has 0 atom stereocenters. The van der Waals surface area contributed by atoms with E-state index >= 15 is 0 Å². The number of hydrogen-bond donors (Lipinski definition) is 1. The number of pyridine rings is 1. The van der Waals surface area contributed by atoms with Crippen LogP contribution in [0.15, 0.2) is 12.3 Å². The Kier molecular flexibility index (Phi) is 3.51. The molecule has 0 spiro atoms. The Morgan fingerprint density at radius 2 is 2.24 bits per heavy atom. The standard InChI is InChI=1S/C11H13F2N3S/c12-7-5-9(13)11(15-6-7)16(8-1-2-8)4-3-10(14)17/h5-6,8H,1-4H2,(H2,14,17). The second-order valence-corrected chi connectivity index (χ2v) is 4.62. The average molecular weight is 257 g/mol. The van der Waals surface area contributed by atoms with E-state index in [0.29, 0.717) is 18.0 Å². The van der Waals surface area contributed by atoms with Crippen molar-refractivity contribution in [3.8, 4) is 0 Å². The molecular weight excluding hydrogens is 244 g/mol. The van der Waals surface area contributed by atoms with Crippen LogP contribution in [-0.4, -0.2) is 22.6 Å². The van der Waals surface area contributed by atoms with Crippen LogP contribution in [-0.2, 0) is 0 Å².